The molecule has 0 bridgehead atoms. The second-order valence-electron chi connectivity index (χ2n) is 6.51. The lowest BCUT2D eigenvalue weighted by Gasteiger charge is -2.37. The van der Waals surface area contributed by atoms with Crippen molar-refractivity contribution in [3.05, 3.63) is 53.6 Å². The Morgan fingerprint density at radius 2 is 2.08 bits per heavy atom. The third-order valence-corrected chi connectivity index (χ3v) is 4.57. The molecule has 8 heteroatoms. The Hall–Kier alpha value is -2.22. The lowest BCUT2D eigenvalue weighted by molar-refractivity contribution is -0.141. The minimum Gasteiger partial charge on any atom is -0.340 e. The lowest BCUT2D eigenvalue weighted by atomic mass is 10.0. The van der Waals surface area contributed by atoms with Gasteiger partial charge in [0.25, 0.3) is 0 Å². The van der Waals surface area contributed by atoms with Crippen molar-refractivity contribution in [2.24, 2.45) is 0 Å². The van der Waals surface area contributed by atoms with Crippen LogP contribution in [0.25, 0.3) is 0 Å². The Morgan fingerprint density at radius 1 is 1.27 bits per heavy atom. The van der Waals surface area contributed by atoms with Crippen LogP contribution in [-0.4, -0.2) is 41.0 Å². The number of hydrogen-bond acceptors (Lipinski definition) is 4. The molecule has 0 aliphatic carbocycles. The van der Waals surface area contributed by atoms with Crippen molar-refractivity contribution >= 4 is 5.95 Å². The molecule has 4 nitrogen and oxygen atoms in total. The molecule has 0 N–H and O–H groups in total. The summed E-state index contributed by atoms with van der Waals surface area (Å²) in [5.74, 6) is -0.206. The molecular weight excluding hydrogens is 348 g/mol. The number of halogens is 4. The van der Waals surface area contributed by atoms with E-state index in [1.807, 2.05) is 6.07 Å². The highest BCUT2D eigenvalue weighted by molar-refractivity contribution is 5.32. The van der Waals surface area contributed by atoms with E-state index < -0.39 is 11.9 Å². The topological polar surface area (TPSA) is 32.3 Å². The Morgan fingerprint density at radius 3 is 2.81 bits per heavy atom. The van der Waals surface area contributed by atoms with Crippen LogP contribution in [0.2, 0.25) is 0 Å². The van der Waals surface area contributed by atoms with Gasteiger partial charge in [0, 0.05) is 32.4 Å². The van der Waals surface area contributed by atoms with Crippen molar-refractivity contribution in [3.8, 4) is 0 Å². The summed E-state index contributed by atoms with van der Waals surface area (Å²) in [5, 5.41) is 0. The van der Waals surface area contributed by atoms with E-state index in [2.05, 4.69) is 14.9 Å². The highest BCUT2D eigenvalue weighted by atomic mass is 19.4. The van der Waals surface area contributed by atoms with Gasteiger partial charge in [-0.15, -0.1) is 0 Å². The molecule has 26 heavy (non-hydrogen) atoms. The van der Waals surface area contributed by atoms with Gasteiger partial charge in [-0.1, -0.05) is 12.1 Å². The fourth-order valence-electron chi connectivity index (χ4n) is 3.22. The molecule has 0 saturated carbocycles. The van der Waals surface area contributed by atoms with E-state index in [9.17, 15) is 17.6 Å². The third-order valence-electron chi connectivity index (χ3n) is 4.57. The number of likely N-dealkylation sites (N-methyl/N-ethyl adjacent to an activating group) is 1. The van der Waals surface area contributed by atoms with Crippen LogP contribution in [-0.2, 0) is 12.7 Å². The normalized spacial score (nSPS) is 18.7. The summed E-state index contributed by atoms with van der Waals surface area (Å²) < 4.78 is 51.9. The number of anilines is 1. The molecule has 2 aromatic rings. The highest BCUT2D eigenvalue weighted by Crippen LogP contribution is 2.29. The summed E-state index contributed by atoms with van der Waals surface area (Å²) in [5.41, 5.74) is -0.0644. The van der Waals surface area contributed by atoms with E-state index in [1.165, 1.54) is 12.1 Å². The van der Waals surface area contributed by atoms with E-state index >= 15 is 0 Å². The van der Waals surface area contributed by atoms with Crippen molar-refractivity contribution in [1.29, 1.82) is 0 Å². The van der Waals surface area contributed by atoms with E-state index in [4.69, 9.17) is 0 Å². The number of aromatic nitrogens is 2. The molecule has 1 fully saturated rings. The van der Waals surface area contributed by atoms with Gasteiger partial charge < -0.3 is 4.90 Å². The second kappa shape index (κ2) is 7.57. The predicted octanol–water partition coefficient (Wildman–Crippen LogP) is 3.74. The maximum Gasteiger partial charge on any atom is 0.433 e. The van der Waals surface area contributed by atoms with Gasteiger partial charge in [-0.05, 0) is 43.1 Å². The van der Waals surface area contributed by atoms with Crippen molar-refractivity contribution in [2.75, 3.05) is 25.0 Å². The van der Waals surface area contributed by atoms with Gasteiger partial charge in [0.05, 0.1) is 0 Å². The van der Waals surface area contributed by atoms with Gasteiger partial charge in [0.1, 0.15) is 11.5 Å². The van der Waals surface area contributed by atoms with Crippen molar-refractivity contribution in [1.82, 2.24) is 14.9 Å². The molecule has 0 spiro atoms. The van der Waals surface area contributed by atoms with Crippen LogP contribution < -0.4 is 4.90 Å². The SMILES string of the molecule is CN(c1nccc(C(F)(F)F)n1)C1CCCN(Cc2cccc(F)c2)C1. The zero-order valence-electron chi connectivity index (χ0n) is 14.4. The predicted molar refractivity (Wildman–Crippen MR) is 90.1 cm³/mol. The maximum absolute atomic E-state index is 13.3. The van der Waals surface area contributed by atoms with E-state index in [1.54, 1.807) is 18.0 Å². The Labute approximate surface area is 149 Å². The summed E-state index contributed by atoms with van der Waals surface area (Å²) >= 11 is 0. The maximum atomic E-state index is 13.3. The van der Waals surface area contributed by atoms with Crippen LogP contribution in [0.4, 0.5) is 23.5 Å². The number of likely N-dealkylation sites (tertiary alicyclic amines) is 1. The largest absolute Gasteiger partial charge is 0.433 e. The first-order valence-corrected chi connectivity index (χ1v) is 8.43. The van der Waals surface area contributed by atoms with E-state index in [-0.39, 0.29) is 17.8 Å². The van der Waals surface area contributed by atoms with Crippen molar-refractivity contribution < 1.29 is 17.6 Å². The molecular formula is C18H20F4N4. The summed E-state index contributed by atoms with van der Waals surface area (Å²) in [7, 11) is 1.71. The Kier molecular flexibility index (Phi) is 5.41. The summed E-state index contributed by atoms with van der Waals surface area (Å²) in [6.07, 6.45) is -1.61. The van der Waals surface area contributed by atoms with E-state index in [0.717, 1.165) is 37.2 Å². The first kappa shape index (κ1) is 18.6. The number of benzene rings is 1. The van der Waals surface area contributed by atoms with Gasteiger partial charge in [0.2, 0.25) is 5.95 Å². The minimum atomic E-state index is -4.49. The first-order chi connectivity index (χ1) is 12.3. The smallest absolute Gasteiger partial charge is 0.340 e. The molecule has 1 atom stereocenters. The number of piperidine rings is 1. The molecule has 1 unspecified atom stereocenters. The van der Waals surface area contributed by atoms with Gasteiger partial charge >= 0.3 is 6.18 Å². The standard InChI is InChI=1S/C18H20F4N4/c1-25(17-23-8-7-16(24-17)18(20,21)22)15-6-3-9-26(12-15)11-13-4-2-5-14(19)10-13/h2,4-5,7-8,10,15H,3,6,9,11-12H2,1H3. The number of rotatable bonds is 4. The summed E-state index contributed by atoms with van der Waals surface area (Å²) in [6.45, 7) is 2.13. The fourth-order valence-corrected chi connectivity index (χ4v) is 3.22. The van der Waals surface area contributed by atoms with Crippen LogP contribution in [0, 0.1) is 5.82 Å². The van der Waals surface area contributed by atoms with Crippen molar-refractivity contribution in [2.45, 2.75) is 31.6 Å². The lowest BCUT2D eigenvalue weighted by Crippen LogP contribution is -2.46. The zero-order chi connectivity index (χ0) is 18.7. The molecule has 1 aliphatic rings. The van der Waals surface area contributed by atoms with Gasteiger partial charge in [0.15, 0.2) is 0 Å². The Balaban J connectivity index is 1.69. The average molecular weight is 368 g/mol. The van der Waals surface area contributed by atoms with Crippen LogP contribution in [0.1, 0.15) is 24.1 Å². The number of alkyl halides is 3. The van der Waals surface area contributed by atoms with E-state index in [0.29, 0.717) is 13.1 Å². The molecule has 140 valence electrons. The Bertz CT molecular complexity index is 750. The fraction of sp³-hybridized carbons (Fsp3) is 0.444. The molecule has 3 rings (SSSR count). The number of hydrogen-bond donors (Lipinski definition) is 0. The van der Waals surface area contributed by atoms with Crippen LogP contribution in [0.5, 0.6) is 0 Å². The van der Waals surface area contributed by atoms with Gasteiger partial charge in [-0.3, -0.25) is 4.90 Å². The zero-order valence-corrected chi connectivity index (χ0v) is 14.4. The average Bonchev–Trinajstić information content (AvgIpc) is 2.61. The molecule has 1 aromatic carbocycles. The molecule has 0 radical (unpaired) electrons. The second-order valence-corrected chi connectivity index (χ2v) is 6.51. The molecule has 1 aromatic heterocycles. The molecule has 0 amide bonds. The highest BCUT2D eigenvalue weighted by Gasteiger charge is 2.34. The minimum absolute atomic E-state index is 0.000734. The summed E-state index contributed by atoms with van der Waals surface area (Å²) in [6, 6.07) is 7.32. The van der Waals surface area contributed by atoms with Crippen LogP contribution >= 0.6 is 0 Å². The van der Waals surface area contributed by atoms with Crippen molar-refractivity contribution in [3.63, 3.8) is 0 Å². The third kappa shape index (κ3) is 4.49. The van der Waals surface area contributed by atoms with Gasteiger partial charge in [-0.2, -0.15) is 13.2 Å². The van der Waals surface area contributed by atoms with Crippen LogP contribution in [0.15, 0.2) is 36.5 Å². The molecule has 1 aliphatic heterocycles. The quantitative estimate of drug-likeness (QED) is 0.770. The first-order valence-electron chi connectivity index (χ1n) is 8.43. The summed E-state index contributed by atoms with van der Waals surface area (Å²) in [4.78, 5) is 11.5. The molecule has 2 heterocycles. The van der Waals surface area contributed by atoms with Crippen LogP contribution in [0.3, 0.4) is 0 Å². The van der Waals surface area contributed by atoms with Gasteiger partial charge in [-0.25, -0.2) is 14.4 Å². The number of nitrogens with zero attached hydrogens (tertiary/aromatic N) is 4. The molecule has 1 saturated heterocycles. The monoisotopic (exact) mass is 368 g/mol.